The van der Waals surface area contributed by atoms with E-state index in [0.29, 0.717) is 0 Å². The number of hydrogen-bond donors (Lipinski definition) is 1. The van der Waals surface area contributed by atoms with Crippen LogP contribution in [0.2, 0.25) is 4.47 Å². The van der Waals surface area contributed by atoms with Crippen molar-refractivity contribution in [3.05, 3.63) is 9.70 Å². The van der Waals surface area contributed by atoms with Gasteiger partial charge in [-0.05, 0) is 0 Å². The maximum atomic E-state index is 9.43. The monoisotopic (exact) mass is 342 g/mol. The Labute approximate surface area is 112 Å². The van der Waals surface area contributed by atoms with Gasteiger partial charge in [0, 0.05) is 0 Å². The number of rotatable bonds is 10. The van der Waals surface area contributed by atoms with Crippen LogP contribution in [0.1, 0.15) is 65.7 Å². The van der Waals surface area contributed by atoms with Crippen molar-refractivity contribution in [3.63, 3.8) is 0 Å². The van der Waals surface area contributed by atoms with E-state index in [0.717, 1.165) is 0 Å². The Balaban J connectivity index is 3.82. The third kappa shape index (κ3) is 11.0. The molecule has 0 spiro atoms. The van der Waals surface area contributed by atoms with Crippen LogP contribution >= 0.6 is 0 Å². The zero-order valence-corrected chi connectivity index (χ0v) is 13.5. The molecule has 0 saturated heterocycles. The Morgan fingerprint density at radius 3 is 2.38 bits per heavy atom. The van der Waals surface area contributed by atoms with E-state index in [1.165, 1.54) is 49.4 Å². The van der Waals surface area contributed by atoms with Gasteiger partial charge in [-0.2, -0.15) is 0 Å². The first-order valence-electron chi connectivity index (χ1n) is 6.72. The van der Waals surface area contributed by atoms with Gasteiger partial charge in [-0.25, -0.2) is 0 Å². The number of unbranched alkanes of at least 4 members (excludes halogenated alkanes) is 4. The standard InChI is InChI=1S/C14H28OTe/c1-4-6-8-9-10-14(12-13(3)15)16-11-7-5-2/h12-13,15H,4-11H2,1-3H3/b14-12-/t13-/m0/s1. The van der Waals surface area contributed by atoms with Gasteiger partial charge in [-0.1, -0.05) is 0 Å². The van der Waals surface area contributed by atoms with Crippen molar-refractivity contribution >= 4 is 20.9 Å². The summed E-state index contributed by atoms with van der Waals surface area (Å²) < 4.78 is 3.01. The van der Waals surface area contributed by atoms with Gasteiger partial charge in [0.1, 0.15) is 0 Å². The summed E-state index contributed by atoms with van der Waals surface area (Å²) >= 11 is 0.0182. The molecule has 0 rings (SSSR count). The third-order valence-corrected chi connectivity index (χ3v) is 5.92. The van der Waals surface area contributed by atoms with Crippen LogP contribution in [-0.4, -0.2) is 32.1 Å². The molecule has 1 atom stereocenters. The topological polar surface area (TPSA) is 20.2 Å². The molecule has 0 aromatic rings. The average Bonchev–Trinajstić information content (AvgIpc) is 2.23. The molecule has 96 valence electrons. The van der Waals surface area contributed by atoms with Gasteiger partial charge in [0.05, 0.1) is 0 Å². The minimum absolute atomic E-state index is 0.0182. The summed E-state index contributed by atoms with van der Waals surface area (Å²) in [5.74, 6) is 0. The number of aliphatic hydroxyl groups excluding tert-OH is 1. The van der Waals surface area contributed by atoms with Gasteiger partial charge in [0.2, 0.25) is 0 Å². The summed E-state index contributed by atoms with van der Waals surface area (Å²) in [6.45, 7) is 6.38. The predicted molar refractivity (Wildman–Crippen MR) is 74.0 cm³/mol. The molecule has 0 fully saturated rings. The van der Waals surface area contributed by atoms with Crippen LogP contribution < -0.4 is 0 Å². The molecule has 0 aliphatic carbocycles. The molecular weight excluding hydrogens is 312 g/mol. The van der Waals surface area contributed by atoms with Crippen molar-refractivity contribution in [2.45, 2.75) is 76.3 Å². The van der Waals surface area contributed by atoms with Crippen molar-refractivity contribution in [2.75, 3.05) is 0 Å². The van der Waals surface area contributed by atoms with Crippen molar-refractivity contribution in [2.24, 2.45) is 0 Å². The van der Waals surface area contributed by atoms with Gasteiger partial charge < -0.3 is 0 Å². The first-order chi connectivity index (χ1) is 7.70. The van der Waals surface area contributed by atoms with E-state index < -0.39 is 0 Å². The molecule has 2 heteroatoms. The Kier molecular flexibility index (Phi) is 12.3. The van der Waals surface area contributed by atoms with Crippen LogP contribution in [0.4, 0.5) is 0 Å². The fourth-order valence-corrected chi connectivity index (χ4v) is 5.19. The molecule has 16 heavy (non-hydrogen) atoms. The SMILES string of the molecule is CCCCCC/C(=C/[C@H](C)O)[Te]CCCC. The second kappa shape index (κ2) is 12.0. The normalized spacial score (nSPS) is 14.1. The molecule has 0 bridgehead atoms. The molecule has 0 heterocycles. The first-order valence-corrected chi connectivity index (χ1v) is 9.53. The quantitative estimate of drug-likeness (QED) is 0.468. The van der Waals surface area contributed by atoms with Crippen LogP contribution in [-0.2, 0) is 0 Å². The van der Waals surface area contributed by atoms with Gasteiger partial charge in [-0.3, -0.25) is 0 Å². The van der Waals surface area contributed by atoms with E-state index in [1.807, 2.05) is 6.92 Å². The Bertz CT molecular complexity index is 176. The second-order valence-corrected chi connectivity index (χ2v) is 7.87. The molecule has 0 aliphatic heterocycles. The zero-order chi connectivity index (χ0) is 12.2. The number of allylic oxidation sites excluding steroid dienone is 1. The summed E-state index contributed by atoms with van der Waals surface area (Å²) in [6, 6.07) is 0. The van der Waals surface area contributed by atoms with Crippen LogP contribution in [0.5, 0.6) is 0 Å². The van der Waals surface area contributed by atoms with Crippen molar-refractivity contribution in [1.82, 2.24) is 0 Å². The van der Waals surface area contributed by atoms with E-state index in [2.05, 4.69) is 19.9 Å². The fourth-order valence-electron chi connectivity index (χ4n) is 1.55. The summed E-state index contributed by atoms with van der Waals surface area (Å²) in [5.41, 5.74) is 0. The van der Waals surface area contributed by atoms with Gasteiger partial charge in [-0.15, -0.1) is 0 Å². The van der Waals surface area contributed by atoms with Crippen LogP contribution in [0, 0.1) is 0 Å². The average molecular weight is 340 g/mol. The van der Waals surface area contributed by atoms with Crippen LogP contribution in [0.25, 0.3) is 0 Å². The molecule has 0 unspecified atom stereocenters. The van der Waals surface area contributed by atoms with Gasteiger partial charge in [0.15, 0.2) is 0 Å². The van der Waals surface area contributed by atoms with E-state index in [4.69, 9.17) is 0 Å². The van der Waals surface area contributed by atoms with E-state index >= 15 is 0 Å². The predicted octanol–water partition coefficient (Wildman–Crippen LogP) is 4.14. The molecule has 1 nitrogen and oxygen atoms in total. The molecule has 0 saturated carbocycles. The van der Waals surface area contributed by atoms with Gasteiger partial charge in [0.25, 0.3) is 0 Å². The fraction of sp³-hybridized carbons (Fsp3) is 0.857. The third-order valence-electron chi connectivity index (χ3n) is 2.49. The second-order valence-electron chi connectivity index (χ2n) is 4.39. The summed E-state index contributed by atoms with van der Waals surface area (Å²) in [6.07, 6.45) is 11.1. The van der Waals surface area contributed by atoms with Crippen molar-refractivity contribution in [3.8, 4) is 0 Å². The Hall–Kier alpha value is 0.490. The molecule has 0 radical (unpaired) electrons. The number of hydrogen-bond acceptors (Lipinski definition) is 1. The van der Waals surface area contributed by atoms with Crippen molar-refractivity contribution in [1.29, 1.82) is 0 Å². The molecular formula is C14H28OTe. The summed E-state index contributed by atoms with van der Waals surface area (Å²) in [5, 5.41) is 9.43. The summed E-state index contributed by atoms with van der Waals surface area (Å²) in [4.78, 5) is 0. The first kappa shape index (κ1) is 16.5. The molecule has 0 amide bonds. The molecule has 0 aromatic carbocycles. The molecule has 0 aromatic heterocycles. The van der Waals surface area contributed by atoms with Crippen molar-refractivity contribution < 1.29 is 5.11 Å². The number of aliphatic hydroxyl groups is 1. The zero-order valence-electron chi connectivity index (χ0n) is 11.2. The van der Waals surface area contributed by atoms with E-state index in [9.17, 15) is 5.11 Å². The van der Waals surface area contributed by atoms with Crippen LogP contribution in [0.15, 0.2) is 9.70 Å². The Morgan fingerprint density at radius 1 is 1.12 bits per heavy atom. The van der Waals surface area contributed by atoms with E-state index in [-0.39, 0.29) is 27.0 Å². The molecule has 1 N–H and O–H groups in total. The molecule has 0 aliphatic rings. The van der Waals surface area contributed by atoms with E-state index in [1.54, 1.807) is 3.62 Å². The minimum atomic E-state index is -0.243. The van der Waals surface area contributed by atoms with Crippen LogP contribution in [0.3, 0.4) is 0 Å². The summed E-state index contributed by atoms with van der Waals surface area (Å²) in [7, 11) is 0. The Morgan fingerprint density at radius 2 is 1.81 bits per heavy atom. The van der Waals surface area contributed by atoms with Gasteiger partial charge >= 0.3 is 112 Å². The maximum absolute atomic E-state index is 9.43.